The van der Waals surface area contributed by atoms with Gasteiger partial charge in [0.2, 0.25) is 0 Å². The number of aromatic carboxylic acids is 1. The molecule has 2 aromatic carbocycles. The summed E-state index contributed by atoms with van der Waals surface area (Å²) >= 11 is 0. The number of nitrogens with zero attached hydrogens (tertiary/aromatic N) is 3. The van der Waals surface area contributed by atoms with Crippen LogP contribution >= 0.6 is 0 Å². The lowest BCUT2D eigenvalue weighted by molar-refractivity contribution is -0.146. The van der Waals surface area contributed by atoms with Gasteiger partial charge in [-0.05, 0) is 57.2 Å². The molecule has 1 unspecified atom stereocenters. The van der Waals surface area contributed by atoms with Crippen molar-refractivity contribution in [3.05, 3.63) is 71.4 Å². The molecule has 1 aliphatic rings. The van der Waals surface area contributed by atoms with Gasteiger partial charge in [-0.25, -0.2) is 9.59 Å². The third-order valence-electron chi connectivity index (χ3n) is 5.54. The molecule has 1 atom stereocenters. The molecule has 3 aromatic rings. The average Bonchev–Trinajstić information content (AvgIpc) is 3.31. The Morgan fingerprint density at radius 1 is 1.15 bits per heavy atom. The molecule has 0 fully saturated rings. The molecule has 1 N–H and O–H groups in total. The number of carboxylic acid groups (broad SMARTS) is 1. The van der Waals surface area contributed by atoms with Crippen molar-refractivity contribution in [1.29, 1.82) is 0 Å². The van der Waals surface area contributed by atoms with Crippen LogP contribution in [0.1, 0.15) is 42.7 Å². The number of carbonyl (C=O) groups excluding carboxylic acids is 2. The second kappa shape index (κ2) is 8.74. The van der Waals surface area contributed by atoms with Gasteiger partial charge in [0.15, 0.2) is 0 Å². The average molecular weight is 445 g/mol. The Kier molecular flexibility index (Phi) is 5.83. The number of para-hydroxylation sites is 1. The Morgan fingerprint density at radius 2 is 1.85 bits per heavy atom. The summed E-state index contributed by atoms with van der Waals surface area (Å²) in [5.41, 5.74) is 3.20. The fourth-order valence-corrected chi connectivity index (χ4v) is 3.80. The van der Waals surface area contributed by atoms with Gasteiger partial charge in [0.25, 0.3) is 5.91 Å². The summed E-state index contributed by atoms with van der Waals surface area (Å²) in [4.78, 5) is 36.6. The number of ether oxygens (including phenoxy) is 1. The van der Waals surface area contributed by atoms with Crippen molar-refractivity contribution in [2.45, 2.75) is 26.8 Å². The molecule has 1 aliphatic heterocycles. The number of aromatic nitrogens is 1. The van der Waals surface area contributed by atoms with E-state index >= 15 is 0 Å². The zero-order valence-corrected chi connectivity index (χ0v) is 18.5. The summed E-state index contributed by atoms with van der Waals surface area (Å²) in [6.45, 7) is 5.59. The fourth-order valence-electron chi connectivity index (χ4n) is 3.80. The van der Waals surface area contributed by atoms with E-state index < -0.39 is 12.0 Å². The van der Waals surface area contributed by atoms with E-state index in [1.165, 1.54) is 17.1 Å². The number of amides is 1. The number of hydrazone groups is 1. The molecule has 0 bridgehead atoms. The van der Waals surface area contributed by atoms with Gasteiger partial charge in [0.1, 0.15) is 6.04 Å². The maximum absolute atomic E-state index is 13.2. The van der Waals surface area contributed by atoms with E-state index in [2.05, 4.69) is 5.10 Å². The van der Waals surface area contributed by atoms with E-state index in [1.807, 2.05) is 35.0 Å². The first kappa shape index (κ1) is 22.0. The van der Waals surface area contributed by atoms with E-state index in [-0.39, 0.29) is 17.4 Å². The molecular weight excluding hydrogens is 422 g/mol. The predicted molar refractivity (Wildman–Crippen MR) is 125 cm³/mol. The Morgan fingerprint density at radius 3 is 2.52 bits per heavy atom. The van der Waals surface area contributed by atoms with Crippen LogP contribution < -0.4 is 5.01 Å². The summed E-state index contributed by atoms with van der Waals surface area (Å²) in [5.74, 6) is -1.68. The number of anilines is 1. The molecule has 0 radical (unpaired) electrons. The number of carboxylic acids is 1. The van der Waals surface area contributed by atoms with Gasteiger partial charge in [-0.3, -0.25) is 4.79 Å². The van der Waals surface area contributed by atoms with Gasteiger partial charge >= 0.3 is 11.9 Å². The van der Waals surface area contributed by atoms with Crippen molar-refractivity contribution in [2.24, 2.45) is 5.10 Å². The van der Waals surface area contributed by atoms with Crippen LogP contribution in [0.3, 0.4) is 0 Å². The molecule has 0 saturated carbocycles. The van der Waals surface area contributed by atoms with Crippen molar-refractivity contribution in [3.8, 4) is 0 Å². The lowest BCUT2D eigenvalue weighted by Gasteiger charge is -2.13. The van der Waals surface area contributed by atoms with Crippen LogP contribution in [0.5, 0.6) is 0 Å². The predicted octanol–water partition coefficient (Wildman–Crippen LogP) is 4.27. The first-order valence-corrected chi connectivity index (χ1v) is 10.5. The minimum atomic E-state index is -1.04. The number of hydrogen-bond donors (Lipinski definition) is 1. The molecule has 33 heavy (non-hydrogen) atoms. The zero-order valence-electron chi connectivity index (χ0n) is 18.5. The highest BCUT2D eigenvalue weighted by Gasteiger charge is 2.29. The lowest BCUT2D eigenvalue weighted by atomic mass is 10.1. The van der Waals surface area contributed by atoms with E-state index in [0.717, 1.165) is 16.5 Å². The fraction of sp³-hybridized carbons (Fsp3) is 0.200. The van der Waals surface area contributed by atoms with Crippen molar-refractivity contribution in [3.63, 3.8) is 0 Å². The minimum absolute atomic E-state index is 0.130. The van der Waals surface area contributed by atoms with Crippen LogP contribution in [0.25, 0.3) is 17.0 Å². The van der Waals surface area contributed by atoms with Crippen LogP contribution in [0, 0.1) is 0 Å². The Hall–Kier alpha value is -4.20. The molecule has 8 heteroatoms. The largest absolute Gasteiger partial charge is 0.478 e. The molecule has 0 saturated heterocycles. The van der Waals surface area contributed by atoms with Crippen molar-refractivity contribution in [2.75, 3.05) is 11.6 Å². The number of benzene rings is 2. The molecule has 0 aliphatic carbocycles. The highest BCUT2D eigenvalue weighted by atomic mass is 16.5. The molecule has 0 spiro atoms. The molecule has 8 nitrogen and oxygen atoms in total. The summed E-state index contributed by atoms with van der Waals surface area (Å²) in [6.07, 6.45) is 3.60. The quantitative estimate of drug-likeness (QED) is 0.451. The van der Waals surface area contributed by atoms with Crippen LogP contribution in [0.15, 0.2) is 65.4 Å². The number of rotatable bonds is 6. The molecule has 1 amide bonds. The topological polar surface area (TPSA) is 101 Å². The highest BCUT2D eigenvalue weighted by molar-refractivity contribution is 6.32. The van der Waals surface area contributed by atoms with Crippen molar-refractivity contribution in [1.82, 2.24) is 4.57 Å². The summed E-state index contributed by atoms with van der Waals surface area (Å²) < 4.78 is 7.02. The van der Waals surface area contributed by atoms with E-state index in [1.54, 1.807) is 39.0 Å². The van der Waals surface area contributed by atoms with Crippen LogP contribution in [0.2, 0.25) is 0 Å². The standard InChI is InChI=1S/C25H23N3O5/c1-4-33-25(32)16(3)27-14-18(20-7-5-6-8-22(20)27)13-21-15(2)26-28(23(21)29)19-11-9-17(10-12-19)24(30)31/h5-14,16H,4H2,1-3H3,(H,30,31)/b21-13-. The molecule has 2 heterocycles. The molecule has 168 valence electrons. The zero-order chi connectivity index (χ0) is 23.7. The van der Waals surface area contributed by atoms with Gasteiger partial charge in [0, 0.05) is 22.7 Å². The third kappa shape index (κ3) is 4.03. The maximum Gasteiger partial charge on any atom is 0.335 e. The third-order valence-corrected chi connectivity index (χ3v) is 5.54. The number of hydrogen-bond acceptors (Lipinski definition) is 5. The van der Waals surface area contributed by atoms with Crippen LogP contribution in [-0.2, 0) is 14.3 Å². The first-order valence-electron chi connectivity index (χ1n) is 10.5. The summed E-state index contributed by atoms with van der Waals surface area (Å²) in [7, 11) is 0. The summed E-state index contributed by atoms with van der Waals surface area (Å²) in [6, 6.07) is 13.1. The van der Waals surface area contributed by atoms with Crippen LogP contribution in [-0.4, -0.2) is 39.8 Å². The Labute approximate surface area is 190 Å². The van der Waals surface area contributed by atoms with Crippen molar-refractivity contribution < 1.29 is 24.2 Å². The highest BCUT2D eigenvalue weighted by Crippen LogP contribution is 2.30. The number of fused-ring (bicyclic) bond motifs is 1. The second-order valence-electron chi connectivity index (χ2n) is 7.65. The Bertz CT molecular complexity index is 1320. The first-order chi connectivity index (χ1) is 15.8. The van der Waals surface area contributed by atoms with Gasteiger partial charge in [-0.2, -0.15) is 10.1 Å². The van der Waals surface area contributed by atoms with E-state index in [9.17, 15) is 14.4 Å². The number of carbonyl (C=O) groups is 3. The Balaban J connectivity index is 1.71. The SMILES string of the molecule is CCOC(=O)C(C)n1cc(/C=C2\C(=O)N(c3ccc(C(=O)O)cc3)N=C2C)c2ccccc21. The van der Waals surface area contributed by atoms with E-state index in [0.29, 0.717) is 23.6 Å². The van der Waals surface area contributed by atoms with Gasteiger partial charge in [-0.1, -0.05) is 18.2 Å². The van der Waals surface area contributed by atoms with Gasteiger partial charge in [0.05, 0.1) is 29.1 Å². The van der Waals surface area contributed by atoms with Crippen LogP contribution in [0.4, 0.5) is 5.69 Å². The summed E-state index contributed by atoms with van der Waals surface area (Å²) in [5, 5.41) is 15.6. The van der Waals surface area contributed by atoms with E-state index in [4.69, 9.17) is 9.84 Å². The monoisotopic (exact) mass is 445 g/mol. The van der Waals surface area contributed by atoms with Gasteiger partial charge < -0.3 is 14.4 Å². The minimum Gasteiger partial charge on any atom is -0.478 e. The lowest BCUT2D eigenvalue weighted by Crippen LogP contribution is -2.21. The smallest absolute Gasteiger partial charge is 0.335 e. The maximum atomic E-state index is 13.2. The molecule has 4 rings (SSSR count). The normalized spacial score (nSPS) is 15.7. The second-order valence-corrected chi connectivity index (χ2v) is 7.65. The van der Waals surface area contributed by atoms with Crippen molar-refractivity contribution >= 4 is 46.2 Å². The van der Waals surface area contributed by atoms with Gasteiger partial charge in [-0.15, -0.1) is 0 Å². The molecule has 1 aromatic heterocycles. The number of esters is 1. The molecular formula is C25H23N3O5.